The first-order chi connectivity index (χ1) is 9.96. The van der Waals surface area contributed by atoms with E-state index in [9.17, 15) is 4.39 Å². The minimum atomic E-state index is -1.33. The van der Waals surface area contributed by atoms with Crippen LogP contribution in [0.5, 0.6) is 0 Å². The van der Waals surface area contributed by atoms with Crippen LogP contribution < -0.4 is 0 Å². The van der Waals surface area contributed by atoms with Crippen LogP contribution in [0.4, 0.5) is 4.39 Å². The van der Waals surface area contributed by atoms with E-state index in [-0.39, 0.29) is 5.41 Å². The van der Waals surface area contributed by atoms with Gasteiger partial charge in [-0.3, -0.25) is 0 Å². The monoisotopic (exact) mass is 300 g/mol. The molecule has 1 aromatic carbocycles. The summed E-state index contributed by atoms with van der Waals surface area (Å²) in [5, 5.41) is 0. The molecule has 0 aliphatic carbocycles. The first-order valence-electron chi connectivity index (χ1n) is 7.81. The molecule has 1 rings (SSSR count). The second-order valence-electron chi connectivity index (χ2n) is 7.35. The minimum Gasteiger partial charge on any atom is -0.239 e. The van der Waals surface area contributed by atoms with Gasteiger partial charge in [-0.05, 0) is 67.0 Å². The van der Waals surface area contributed by atoms with Gasteiger partial charge in [0.1, 0.15) is 5.67 Å². The van der Waals surface area contributed by atoms with Crippen molar-refractivity contribution in [2.75, 3.05) is 0 Å². The van der Waals surface area contributed by atoms with Crippen molar-refractivity contribution in [1.82, 2.24) is 0 Å². The second-order valence-corrected chi connectivity index (χ2v) is 7.35. The average molecular weight is 300 g/mol. The lowest BCUT2D eigenvalue weighted by Gasteiger charge is -2.19. The Balaban J connectivity index is 3.22. The fourth-order valence-corrected chi connectivity index (χ4v) is 2.08. The third-order valence-corrected chi connectivity index (χ3v) is 3.97. The van der Waals surface area contributed by atoms with Crippen LogP contribution in [0.15, 0.2) is 48.6 Å². The first-order valence-corrected chi connectivity index (χ1v) is 7.81. The Labute approximate surface area is 135 Å². The largest absolute Gasteiger partial charge is 0.239 e. The molecule has 0 N–H and O–H groups in total. The molecule has 0 unspecified atom stereocenters. The van der Waals surface area contributed by atoms with E-state index in [1.54, 1.807) is 13.8 Å². The first kappa shape index (κ1) is 18.4. The van der Waals surface area contributed by atoms with E-state index in [0.717, 1.165) is 22.3 Å². The molecule has 0 aromatic heterocycles. The molecule has 0 saturated heterocycles. The molecule has 0 saturated carbocycles. The van der Waals surface area contributed by atoms with Crippen molar-refractivity contribution >= 4 is 5.57 Å². The standard InChI is InChI=1S/C21H29F/c1-9-17(12-11-16(3)20(4,5)6)19-14-18(21(7,8)22)13-10-15(19)2/h9-14H,3H2,1-2,4-8H3/b12-11-,17-9+. The zero-order valence-corrected chi connectivity index (χ0v) is 15.0. The van der Waals surface area contributed by atoms with Crippen molar-refractivity contribution in [3.8, 4) is 0 Å². The summed E-state index contributed by atoms with van der Waals surface area (Å²) in [4.78, 5) is 0. The molecule has 0 aliphatic heterocycles. The minimum absolute atomic E-state index is 0.0488. The third kappa shape index (κ3) is 4.69. The fourth-order valence-electron chi connectivity index (χ4n) is 2.08. The lowest BCUT2D eigenvalue weighted by atomic mass is 9.86. The molecule has 0 spiro atoms. The summed E-state index contributed by atoms with van der Waals surface area (Å²) >= 11 is 0. The summed E-state index contributed by atoms with van der Waals surface area (Å²) in [5.41, 5.74) is 3.81. The van der Waals surface area contributed by atoms with Crippen LogP contribution in [0.3, 0.4) is 0 Å². The average Bonchev–Trinajstić information content (AvgIpc) is 2.38. The zero-order valence-electron chi connectivity index (χ0n) is 15.0. The Kier molecular flexibility index (Phi) is 5.56. The van der Waals surface area contributed by atoms with Gasteiger partial charge < -0.3 is 0 Å². The van der Waals surface area contributed by atoms with Gasteiger partial charge in [-0.2, -0.15) is 0 Å². The van der Waals surface area contributed by atoms with Gasteiger partial charge in [-0.15, -0.1) is 0 Å². The van der Waals surface area contributed by atoms with E-state index in [1.165, 1.54) is 0 Å². The van der Waals surface area contributed by atoms with Crippen LogP contribution in [0.2, 0.25) is 0 Å². The number of allylic oxidation sites excluding steroid dienone is 5. The van der Waals surface area contributed by atoms with Gasteiger partial charge in [0.05, 0.1) is 0 Å². The summed E-state index contributed by atoms with van der Waals surface area (Å²) in [6.07, 6.45) is 6.19. The normalized spacial score (nSPS) is 13.7. The number of halogens is 1. The van der Waals surface area contributed by atoms with E-state index in [1.807, 2.05) is 25.1 Å². The number of benzene rings is 1. The number of hydrogen-bond acceptors (Lipinski definition) is 0. The Morgan fingerprint density at radius 1 is 1.09 bits per heavy atom. The smallest absolute Gasteiger partial charge is 0.130 e. The maximum Gasteiger partial charge on any atom is 0.130 e. The predicted molar refractivity (Wildman–Crippen MR) is 96.7 cm³/mol. The number of alkyl halides is 1. The van der Waals surface area contributed by atoms with E-state index in [4.69, 9.17) is 0 Å². The second kappa shape index (κ2) is 6.64. The van der Waals surface area contributed by atoms with Crippen LogP contribution in [-0.2, 0) is 5.67 Å². The molecule has 0 aliphatic rings. The van der Waals surface area contributed by atoms with E-state index >= 15 is 0 Å². The van der Waals surface area contributed by atoms with E-state index in [0.29, 0.717) is 5.56 Å². The van der Waals surface area contributed by atoms with Gasteiger partial charge in [0.15, 0.2) is 0 Å². The van der Waals surface area contributed by atoms with Gasteiger partial charge in [-0.1, -0.05) is 57.7 Å². The molecule has 0 amide bonds. The number of aryl methyl sites for hydroxylation is 1. The molecule has 0 nitrogen and oxygen atoms in total. The quantitative estimate of drug-likeness (QED) is 0.539. The topological polar surface area (TPSA) is 0 Å². The molecular weight excluding hydrogens is 271 g/mol. The molecule has 0 heterocycles. The highest BCUT2D eigenvalue weighted by atomic mass is 19.1. The summed E-state index contributed by atoms with van der Waals surface area (Å²) < 4.78 is 14.2. The molecule has 1 heteroatoms. The van der Waals surface area contributed by atoms with Crippen LogP contribution in [0.1, 0.15) is 58.2 Å². The Morgan fingerprint density at radius 3 is 2.14 bits per heavy atom. The molecule has 22 heavy (non-hydrogen) atoms. The van der Waals surface area contributed by atoms with Crippen LogP contribution in [0.25, 0.3) is 5.57 Å². The molecule has 0 atom stereocenters. The molecule has 0 radical (unpaired) electrons. The SMILES string of the molecule is C=C(/C=C\C(=C/C)c1cc(C(C)(C)F)ccc1C)C(C)(C)C. The van der Waals surface area contributed by atoms with Crippen molar-refractivity contribution in [3.05, 3.63) is 65.3 Å². The van der Waals surface area contributed by atoms with Crippen molar-refractivity contribution in [1.29, 1.82) is 0 Å². The summed E-state index contributed by atoms with van der Waals surface area (Å²) in [5.74, 6) is 0. The number of rotatable bonds is 4. The maximum atomic E-state index is 14.2. The number of hydrogen-bond donors (Lipinski definition) is 0. The van der Waals surface area contributed by atoms with Crippen LogP contribution in [-0.4, -0.2) is 0 Å². The Morgan fingerprint density at radius 2 is 1.68 bits per heavy atom. The highest BCUT2D eigenvalue weighted by Gasteiger charge is 2.20. The molecular formula is C21H29F. The highest BCUT2D eigenvalue weighted by molar-refractivity contribution is 5.76. The predicted octanol–water partition coefficient (Wildman–Crippen LogP) is 6.76. The van der Waals surface area contributed by atoms with Crippen molar-refractivity contribution in [2.45, 2.75) is 54.1 Å². The lowest BCUT2D eigenvalue weighted by Crippen LogP contribution is -2.09. The molecule has 0 fully saturated rings. The van der Waals surface area contributed by atoms with E-state index in [2.05, 4.69) is 52.5 Å². The maximum absolute atomic E-state index is 14.2. The fraction of sp³-hybridized carbons (Fsp3) is 0.429. The summed E-state index contributed by atoms with van der Waals surface area (Å²) in [6, 6.07) is 5.81. The molecule has 1 aromatic rings. The molecule has 120 valence electrons. The zero-order chi connectivity index (χ0) is 17.1. The summed E-state index contributed by atoms with van der Waals surface area (Å²) in [7, 11) is 0. The van der Waals surface area contributed by atoms with Crippen molar-refractivity contribution < 1.29 is 4.39 Å². The van der Waals surface area contributed by atoms with Crippen LogP contribution in [0, 0.1) is 12.3 Å². The van der Waals surface area contributed by atoms with Gasteiger partial charge in [-0.25, -0.2) is 4.39 Å². The van der Waals surface area contributed by atoms with Gasteiger partial charge in [0.2, 0.25) is 0 Å². The van der Waals surface area contributed by atoms with E-state index < -0.39 is 5.67 Å². The van der Waals surface area contributed by atoms with Gasteiger partial charge in [0, 0.05) is 0 Å². The Bertz CT molecular complexity index is 602. The van der Waals surface area contributed by atoms with Gasteiger partial charge >= 0.3 is 0 Å². The van der Waals surface area contributed by atoms with Crippen molar-refractivity contribution in [3.63, 3.8) is 0 Å². The molecule has 0 bridgehead atoms. The third-order valence-electron chi connectivity index (χ3n) is 3.97. The van der Waals surface area contributed by atoms with Crippen LogP contribution >= 0.6 is 0 Å². The van der Waals surface area contributed by atoms with Crippen molar-refractivity contribution in [2.24, 2.45) is 5.41 Å². The lowest BCUT2D eigenvalue weighted by molar-refractivity contribution is 0.221. The Hall–Kier alpha value is -1.63. The highest BCUT2D eigenvalue weighted by Crippen LogP contribution is 2.31. The summed E-state index contributed by atoms with van der Waals surface area (Å²) in [6.45, 7) is 17.8. The van der Waals surface area contributed by atoms with Gasteiger partial charge in [0.25, 0.3) is 0 Å².